The van der Waals surface area contributed by atoms with Crippen molar-refractivity contribution in [3.63, 3.8) is 0 Å². The molecule has 1 aliphatic heterocycles. The molecule has 0 saturated carbocycles. The minimum absolute atomic E-state index is 0.200. The molecule has 5 heterocycles. The minimum Gasteiger partial charge on any atom is -0.355 e. The fourth-order valence-corrected chi connectivity index (χ4v) is 5.14. The second kappa shape index (κ2) is 9.62. The molecule has 1 aliphatic rings. The molecule has 1 amide bonds. The summed E-state index contributed by atoms with van der Waals surface area (Å²) in [5.41, 5.74) is 6.91. The highest BCUT2D eigenvalue weighted by Crippen LogP contribution is 2.32. The van der Waals surface area contributed by atoms with Crippen LogP contribution in [0.2, 0.25) is 4.34 Å². The standard InChI is InChI=1S/C26H20ClN5O3S/c27-25-6-5-24(36-25)23-12-18(30-35-23)15-32-21-4-2-1-3-17(21)11-22(32)26(33)29-14-19-13-20(31-34-19)16-7-9-28-10-8-16/h1-13,19,31H,14-15H2,(H,29,33). The zero-order valence-electron chi connectivity index (χ0n) is 18.8. The van der Waals surface area contributed by atoms with E-state index in [2.05, 4.69) is 20.9 Å². The molecule has 1 aromatic carbocycles. The first kappa shape index (κ1) is 22.5. The van der Waals surface area contributed by atoms with Crippen LogP contribution < -0.4 is 10.8 Å². The maximum absolute atomic E-state index is 13.3. The Labute approximate surface area is 215 Å². The topological polar surface area (TPSA) is 94.2 Å². The Hall–Kier alpha value is -3.92. The van der Waals surface area contributed by atoms with Crippen molar-refractivity contribution in [3.8, 4) is 10.6 Å². The predicted molar refractivity (Wildman–Crippen MR) is 138 cm³/mol. The van der Waals surface area contributed by atoms with Gasteiger partial charge in [0.15, 0.2) is 5.76 Å². The summed E-state index contributed by atoms with van der Waals surface area (Å²) in [4.78, 5) is 23.8. The molecule has 5 aromatic rings. The Morgan fingerprint density at radius 3 is 2.83 bits per heavy atom. The number of nitrogens with zero attached hydrogens (tertiary/aromatic N) is 3. The number of aromatic nitrogens is 3. The lowest BCUT2D eigenvalue weighted by Crippen LogP contribution is -2.33. The summed E-state index contributed by atoms with van der Waals surface area (Å²) in [6.07, 6.45) is 5.09. The van der Waals surface area contributed by atoms with Crippen LogP contribution >= 0.6 is 22.9 Å². The van der Waals surface area contributed by atoms with Gasteiger partial charge in [-0.25, -0.2) is 0 Å². The van der Waals surface area contributed by atoms with Gasteiger partial charge in [-0.2, -0.15) is 0 Å². The Balaban J connectivity index is 1.21. The van der Waals surface area contributed by atoms with E-state index >= 15 is 0 Å². The van der Waals surface area contributed by atoms with Crippen LogP contribution in [0.3, 0.4) is 0 Å². The number of fused-ring (bicyclic) bond motifs is 1. The van der Waals surface area contributed by atoms with E-state index in [9.17, 15) is 4.79 Å². The lowest BCUT2D eigenvalue weighted by Gasteiger charge is -2.12. The van der Waals surface area contributed by atoms with E-state index in [1.807, 2.05) is 71.3 Å². The van der Waals surface area contributed by atoms with E-state index in [-0.39, 0.29) is 12.0 Å². The molecule has 0 spiro atoms. The van der Waals surface area contributed by atoms with Gasteiger partial charge in [-0.15, -0.1) is 11.3 Å². The largest absolute Gasteiger partial charge is 0.355 e. The lowest BCUT2D eigenvalue weighted by atomic mass is 10.2. The molecule has 4 aromatic heterocycles. The SMILES string of the molecule is O=C(NCC1C=C(c2ccncc2)NO1)c1cc2ccccc2n1Cc1cc(-c2ccc(Cl)s2)on1. The first-order chi connectivity index (χ1) is 17.6. The quantitative estimate of drug-likeness (QED) is 0.311. The van der Waals surface area contributed by atoms with Gasteiger partial charge in [0.2, 0.25) is 0 Å². The molecule has 0 saturated heterocycles. The number of amides is 1. The van der Waals surface area contributed by atoms with Crippen molar-refractivity contribution in [2.75, 3.05) is 6.54 Å². The molecular formula is C26H20ClN5O3S. The second-order valence-electron chi connectivity index (χ2n) is 8.25. The molecule has 1 unspecified atom stereocenters. The van der Waals surface area contributed by atoms with Crippen LogP contribution in [0.4, 0.5) is 0 Å². The van der Waals surface area contributed by atoms with Gasteiger partial charge in [-0.1, -0.05) is 35.0 Å². The summed E-state index contributed by atoms with van der Waals surface area (Å²) >= 11 is 7.48. The van der Waals surface area contributed by atoms with Crippen molar-refractivity contribution < 1.29 is 14.2 Å². The van der Waals surface area contributed by atoms with Crippen LogP contribution in [0.25, 0.3) is 27.2 Å². The zero-order valence-corrected chi connectivity index (χ0v) is 20.4. The molecule has 36 heavy (non-hydrogen) atoms. The van der Waals surface area contributed by atoms with Crippen molar-refractivity contribution in [1.29, 1.82) is 0 Å². The Bertz CT molecular complexity index is 1570. The highest BCUT2D eigenvalue weighted by Gasteiger charge is 2.21. The van der Waals surface area contributed by atoms with Crippen LogP contribution in [0, 0.1) is 0 Å². The molecule has 0 radical (unpaired) electrons. The number of thiophene rings is 1. The summed E-state index contributed by atoms with van der Waals surface area (Å²) in [6, 6.07) is 19.1. The Kier molecular flexibility index (Phi) is 6.02. The number of benzene rings is 1. The highest BCUT2D eigenvalue weighted by molar-refractivity contribution is 7.19. The third kappa shape index (κ3) is 4.51. The summed E-state index contributed by atoms with van der Waals surface area (Å²) in [5.74, 6) is 0.446. The first-order valence-corrected chi connectivity index (χ1v) is 12.4. The van der Waals surface area contributed by atoms with Crippen molar-refractivity contribution >= 4 is 45.4 Å². The summed E-state index contributed by atoms with van der Waals surface area (Å²) in [7, 11) is 0. The Morgan fingerprint density at radius 1 is 1.14 bits per heavy atom. The van der Waals surface area contributed by atoms with Gasteiger partial charge in [-0.3, -0.25) is 20.1 Å². The summed E-state index contributed by atoms with van der Waals surface area (Å²) in [6.45, 7) is 0.696. The number of carbonyl (C=O) groups excluding carboxylic acids is 1. The van der Waals surface area contributed by atoms with Crippen LogP contribution in [0.5, 0.6) is 0 Å². The number of hydrogen-bond donors (Lipinski definition) is 2. The summed E-state index contributed by atoms with van der Waals surface area (Å²) < 4.78 is 8.17. The third-order valence-electron chi connectivity index (χ3n) is 5.87. The van der Waals surface area contributed by atoms with E-state index < -0.39 is 0 Å². The average Bonchev–Trinajstić information content (AvgIpc) is 3.70. The zero-order chi connectivity index (χ0) is 24.5. The summed E-state index contributed by atoms with van der Waals surface area (Å²) in [5, 5.41) is 8.19. The number of para-hydroxylation sites is 1. The van der Waals surface area contributed by atoms with E-state index in [1.165, 1.54) is 11.3 Å². The van der Waals surface area contributed by atoms with E-state index in [0.717, 1.165) is 27.0 Å². The smallest absolute Gasteiger partial charge is 0.268 e. The number of rotatable bonds is 7. The molecule has 10 heteroatoms. The van der Waals surface area contributed by atoms with Gasteiger partial charge in [0.1, 0.15) is 17.5 Å². The molecule has 6 rings (SSSR count). The average molecular weight is 518 g/mol. The monoisotopic (exact) mass is 517 g/mol. The van der Waals surface area contributed by atoms with Gasteiger partial charge in [0.05, 0.1) is 28.0 Å². The molecule has 1 atom stereocenters. The number of hydrogen-bond acceptors (Lipinski definition) is 7. The molecule has 180 valence electrons. The molecule has 2 N–H and O–H groups in total. The number of pyridine rings is 1. The lowest BCUT2D eigenvalue weighted by molar-refractivity contribution is 0.0497. The number of nitrogens with one attached hydrogen (secondary N) is 2. The van der Waals surface area contributed by atoms with Crippen LogP contribution in [-0.4, -0.2) is 33.3 Å². The molecular weight excluding hydrogens is 498 g/mol. The number of halogens is 1. The van der Waals surface area contributed by atoms with E-state index in [0.29, 0.717) is 34.6 Å². The maximum Gasteiger partial charge on any atom is 0.268 e. The fraction of sp³-hybridized carbons (Fsp3) is 0.115. The maximum atomic E-state index is 13.3. The fourth-order valence-electron chi connectivity index (χ4n) is 4.14. The number of carbonyl (C=O) groups is 1. The van der Waals surface area contributed by atoms with E-state index in [4.69, 9.17) is 21.0 Å². The second-order valence-corrected chi connectivity index (χ2v) is 9.96. The van der Waals surface area contributed by atoms with Crippen molar-refractivity contribution in [1.82, 2.24) is 25.5 Å². The van der Waals surface area contributed by atoms with Crippen LogP contribution in [0.15, 0.2) is 83.7 Å². The highest BCUT2D eigenvalue weighted by atomic mass is 35.5. The van der Waals surface area contributed by atoms with Gasteiger partial charge in [0.25, 0.3) is 5.91 Å². The van der Waals surface area contributed by atoms with E-state index in [1.54, 1.807) is 12.4 Å². The number of hydroxylamine groups is 1. The molecule has 0 aliphatic carbocycles. The normalized spacial score (nSPS) is 15.1. The first-order valence-electron chi connectivity index (χ1n) is 11.3. The van der Waals surface area contributed by atoms with Gasteiger partial charge >= 0.3 is 0 Å². The van der Waals surface area contributed by atoms with Crippen LogP contribution in [-0.2, 0) is 11.4 Å². The van der Waals surface area contributed by atoms with Crippen molar-refractivity contribution in [2.45, 2.75) is 12.6 Å². The van der Waals surface area contributed by atoms with Gasteiger partial charge in [-0.05, 0) is 42.5 Å². The molecule has 8 nitrogen and oxygen atoms in total. The van der Waals surface area contributed by atoms with Crippen molar-refractivity contribution in [2.24, 2.45) is 0 Å². The van der Waals surface area contributed by atoms with Crippen molar-refractivity contribution in [3.05, 3.63) is 100 Å². The Morgan fingerprint density at radius 2 is 2.00 bits per heavy atom. The van der Waals surface area contributed by atoms with Gasteiger partial charge in [0, 0.05) is 34.9 Å². The predicted octanol–water partition coefficient (Wildman–Crippen LogP) is 5.13. The minimum atomic E-state index is -0.300. The molecule has 0 bridgehead atoms. The van der Waals surface area contributed by atoms with Crippen LogP contribution in [0.1, 0.15) is 21.7 Å². The molecule has 0 fully saturated rings. The third-order valence-corrected chi connectivity index (χ3v) is 7.11. The van der Waals surface area contributed by atoms with Gasteiger partial charge < -0.3 is 14.4 Å².